The molecule has 1 amide bonds. The number of amides is 1. The molecule has 2 aromatic rings. The van der Waals surface area contributed by atoms with E-state index in [0.29, 0.717) is 24.7 Å². The molecule has 0 saturated heterocycles. The van der Waals surface area contributed by atoms with E-state index >= 15 is 0 Å². The minimum atomic E-state index is -0.215. The van der Waals surface area contributed by atoms with Gasteiger partial charge in [0.05, 0.1) is 0 Å². The van der Waals surface area contributed by atoms with Crippen LogP contribution in [0.5, 0.6) is 5.75 Å². The predicted molar refractivity (Wildman–Crippen MR) is 85.2 cm³/mol. The molecule has 118 valence electrons. The topological polar surface area (TPSA) is 63.5 Å². The molecule has 5 nitrogen and oxygen atoms in total. The molecule has 22 heavy (non-hydrogen) atoms. The van der Waals surface area contributed by atoms with Crippen LogP contribution in [-0.2, 0) is 6.61 Å². The highest BCUT2D eigenvalue weighted by atomic mass is 16.5. The van der Waals surface area contributed by atoms with Crippen molar-refractivity contribution in [3.8, 4) is 5.75 Å². The summed E-state index contributed by atoms with van der Waals surface area (Å²) in [6, 6.07) is 9.44. The highest BCUT2D eigenvalue weighted by molar-refractivity contribution is 5.91. The standard InChI is InChI=1S/C17H22N2O3/c1-12-4-6-15(13(2)10-12)21-11-14-5-7-16(22-14)17(20)19-9-8-18-3/h4-7,10,18H,8-9,11H2,1-3H3,(H,19,20). The molecule has 0 unspecified atom stereocenters. The lowest BCUT2D eigenvalue weighted by atomic mass is 10.1. The van der Waals surface area contributed by atoms with Crippen molar-refractivity contribution < 1.29 is 13.9 Å². The molecule has 0 aliphatic heterocycles. The number of ether oxygens (including phenoxy) is 1. The van der Waals surface area contributed by atoms with Gasteiger partial charge >= 0.3 is 0 Å². The summed E-state index contributed by atoms with van der Waals surface area (Å²) in [4.78, 5) is 11.8. The van der Waals surface area contributed by atoms with Gasteiger partial charge in [-0.05, 0) is 44.7 Å². The van der Waals surface area contributed by atoms with E-state index in [-0.39, 0.29) is 5.91 Å². The summed E-state index contributed by atoms with van der Waals surface area (Å²) in [7, 11) is 1.83. The van der Waals surface area contributed by atoms with Crippen molar-refractivity contribution in [1.82, 2.24) is 10.6 Å². The third-order valence-corrected chi connectivity index (χ3v) is 3.25. The lowest BCUT2D eigenvalue weighted by molar-refractivity contribution is 0.0922. The van der Waals surface area contributed by atoms with Crippen LogP contribution in [-0.4, -0.2) is 26.0 Å². The number of hydrogen-bond donors (Lipinski definition) is 2. The van der Waals surface area contributed by atoms with Gasteiger partial charge in [-0.1, -0.05) is 17.7 Å². The Kier molecular flexibility index (Phi) is 5.61. The number of benzene rings is 1. The molecular weight excluding hydrogens is 280 g/mol. The van der Waals surface area contributed by atoms with Crippen LogP contribution in [0.15, 0.2) is 34.7 Å². The Balaban J connectivity index is 1.90. The monoisotopic (exact) mass is 302 g/mol. The smallest absolute Gasteiger partial charge is 0.287 e. The van der Waals surface area contributed by atoms with Crippen LogP contribution in [0.3, 0.4) is 0 Å². The van der Waals surface area contributed by atoms with Crippen molar-refractivity contribution in [2.45, 2.75) is 20.5 Å². The minimum absolute atomic E-state index is 0.215. The van der Waals surface area contributed by atoms with E-state index in [9.17, 15) is 4.79 Å². The molecule has 0 atom stereocenters. The highest BCUT2D eigenvalue weighted by Gasteiger charge is 2.11. The van der Waals surface area contributed by atoms with E-state index in [1.165, 1.54) is 5.56 Å². The van der Waals surface area contributed by atoms with E-state index in [1.807, 2.05) is 33.0 Å². The maximum atomic E-state index is 11.8. The lowest BCUT2D eigenvalue weighted by Crippen LogP contribution is -2.30. The van der Waals surface area contributed by atoms with E-state index in [2.05, 4.69) is 16.7 Å². The Hall–Kier alpha value is -2.27. The van der Waals surface area contributed by atoms with Gasteiger partial charge in [0, 0.05) is 13.1 Å². The van der Waals surface area contributed by atoms with Gasteiger partial charge < -0.3 is 19.8 Å². The van der Waals surface area contributed by atoms with E-state index in [0.717, 1.165) is 17.9 Å². The third-order valence-electron chi connectivity index (χ3n) is 3.25. The van der Waals surface area contributed by atoms with Crippen molar-refractivity contribution in [2.75, 3.05) is 20.1 Å². The van der Waals surface area contributed by atoms with Crippen molar-refractivity contribution >= 4 is 5.91 Å². The van der Waals surface area contributed by atoms with Crippen LogP contribution >= 0.6 is 0 Å². The van der Waals surface area contributed by atoms with Gasteiger partial charge in [-0.2, -0.15) is 0 Å². The number of nitrogens with one attached hydrogen (secondary N) is 2. The second-order valence-electron chi connectivity index (χ2n) is 5.18. The van der Waals surface area contributed by atoms with Crippen LogP contribution < -0.4 is 15.4 Å². The lowest BCUT2D eigenvalue weighted by Gasteiger charge is -2.08. The van der Waals surface area contributed by atoms with Gasteiger partial charge in [0.1, 0.15) is 18.1 Å². The molecule has 0 saturated carbocycles. The molecule has 2 rings (SSSR count). The molecule has 1 aromatic heterocycles. The van der Waals surface area contributed by atoms with Crippen LogP contribution in [0.1, 0.15) is 27.4 Å². The molecule has 0 fully saturated rings. The summed E-state index contributed by atoms with van der Waals surface area (Å²) in [6.07, 6.45) is 0. The van der Waals surface area contributed by atoms with Gasteiger partial charge in [0.25, 0.3) is 5.91 Å². The van der Waals surface area contributed by atoms with Crippen LogP contribution in [0.2, 0.25) is 0 Å². The van der Waals surface area contributed by atoms with Gasteiger partial charge in [0.2, 0.25) is 0 Å². The van der Waals surface area contributed by atoms with E-state index in [4.69, 9.17) is 9.15 Å². The summed E-state index contributed by atoms with van der Waals surface area (Å²) in [5.74, 6) is 1.53. The minimum Gasteiger partial charge on any atom is -0.485 e. The molecule has 0 bridgehead atoms. The van der Waals surface area contributed by atoms with E-state index < -0.39 is 0 Å². The zero-order chi connectivity index (χ0) is 15.9. The fourth-order valence-electron chi connectivity index (χ4n) is 2.08. The molecular formula is C17H22N2O3. The SMILES string of the molecule is CNCCNC(=O)c1ccc(COc2ccc(C)cc2C)o1. The number of aryl methyl sites for hydroxylation is 2. The molecule has 0 aliphatic carbocycles. The maximum absolute atomic E-state index is 11.8. The van der Waals surface area contributed by atoms with Gasteiger partial charge in [0.15, 0.2) is 5.76 Å². The molecule has 0 radical (unpaired) electrons. The van der Waals surface area contributed by atoms with Crippen molar-refractivity contribution in [3.05, 3.63) is 53.0 Å². The van der Waals surface area contributed by atoms with E-state index in [1.54, 1.807) is 12.1 Å². The first-order valence-corrected chi connectivity index (χ1v) is 7.31. The van der Waals surface area contributed by atoms with Crippen molar-refractivity contribution in [2.24, 2.45) is 0 Å². The molecule has 1 aromatic carbocycles. The fourth-order valence-corrected chi connectivity index (χ4v) is 2.08. The van der Waals surface area contributed by atoms with Crippen LogP contribution in [0, 0.1) is 13.8 Å². The second-order valence-corrected chi connectivity index (χ2v) is 5.18. The number of hydrogen-bond acceptors (Lipinski definition) is 4. The predicted octanol–water partition coefficient (Wildman–Crippen LogP) is 2.42. The number of rotatable bonds is 7. The first-order chi connectivity index (χ1) is 10.6. The van der Waals surface area contributed by atoms with Crippen molar-refractivity contribution in [1.29, 1.82) is 0 Å². The molecule has 0 aliphatic rings. The number of carbonyl (C=O) groups is 1. The fraction of sp³-hybridized carbons (Fsp3) is 0.353. The quantitative estimate of drug-likeness (QED) is 0.771. The molecule has 2 N–H and O–H groups in total. The molecule has 1 heterocycles. The number of likely N-dealkylation sites (N-methyl/N-ethyl adjacent to an activating group) is 1. The number of carbonyl (C=O) groups excluding carboxylic acids is 1. The van der Waals surface area contributed by atoms with Gasteiger partial charge in [-0.15, -0.1) is 0 Å². The zero-order valence-corrected chi connectivity index (χ0v) is 13.2. The zero-order valence-electron chi connectivity index (χ0n) is 13.2. The maximum Gasteiger partial charge on any atom is 0.287 e. The van der Waals surface area contributed by atoms with Crippen LogP contribution in [0.4, 0.5) is 0 Å². The second kappa shape index (κ2) is 7.66. The summed E-state index contributed by atoms with van der Waals surface area (Å²) in [5.41, 5.74) is 2.28. The average molecular weight is 302 g/mol. The van der Waals surface area contributed by atoms with Crippen LogP contribution in [0.25, 0.3) is 0 Å². The molecule has 0 spiro atoms. The normalized spacial score (nSPS) is 10.5. The summed E-state index contributed by atoms with van der Waals surface area (Å²) in [5, 5.41) is 5.73. The average Bonchev–Trinajstić information content (AvgIpc) is 2.95. The Morgan fingerprint density at radius 2 is 2.00 bits per heavy atom. The first kappa shape index (κ1) is 16.1. The molecule has 5 heteroatoms. The Labute approximate surface area is 130 Å². The Bertz CT molecular complexity index is 635. The number of furan rings is 1. The first-order valence-electron chi connectivity index (χ1n) is 7.31. The van der Waals surface area contributed by atoms with Gasteiger partial charge in [-0.25, -0.2) is 0 Å². The van der Waals surface area contributed by atoms with Crippen molar-refractivity contribution in [3.63, 3.8) is 0 Å². The summed E-state index contributed by atoms with van der Waals surface area (Å²) >= 11 is 0. The Morgan fingerprint density at radius 1 is 1.18 bits per heavy atom. The third kappa shape index (κ3) is 4.36. The summed E-state index contributed by atoms with van der Waals surface area (Å²) < 4.78 is 11.2. The summed E-state index contributed by atoms with van der Waals surface area (Å²) in [6.45, 7) is 5.63. The Morgan fingerprint density at radius 3 is 2.73 bits per heavy atom. The van der Waals surface area contributed by atoms with Gasteiger partial charge in [-0.3, -0.25) is 4.79 Å². The largest absolute Gasteiger partial charge is 0.485 e. The highest BCUT2D eigenvalue weighted by Crippen LogP contribution is 2.20.